The van der Waals surface area contributed by atoms with Crippen LogP contribution in [0.4, 0.5) is 4.79 Å². The van der Waals surface area contributed by atoms with Gasteiger partial charge in [-0.2, -0.15) is 0 Å². The summed E-state index contributed by atoms with van der Waals surface area (Å²) in [6.45, 7) is 6.96. The second-order valence-electron chi connectivity index (χ2n) is 8.99. The van der Waals surface area contributed by atoms with E-state index in [2.05, 4.69) is 43.1 Å². The molecule has 3 unspecified atom stereocenters. The van der Waals surface area contributed by atoms with Gasteiger partial charge in [0.25, 0.3) is 0 Å². The van der Waals surface area contributed by atoms with E-state index >= 15 is 0 Å². The van der Waals surface area contributed by atoms with Gasteiger partial charge in [-0.05, 0) is 74.8 Å². The van der Waals surface area contributed by atoms with Gasteiger partial charge in [-0.3, -0.25) is 4.90 Å². The fraction of sp³-hybridized carbons (Fsp3) is 0.500. The normalized spacial score (nSPS) is 23.9. The van der Waals surface area contributed by atoms with Crippen molar-refractivity contribution in [1.82, 2.24) is 10.2 Å². The minimum absolute atomic E-state index is 0.183. The fourth-order valence-electron chi connectivity index (χ4n) is 5.55. The van der Waals surface area contributed by atoms with Crippen molar-refractivity contribution in [3.8, 4) is 5.75 Å². The van der Waals surface area contributed by atoms with E-state index in [-0.39, 0.29) is 12.1 Å². The van der Waals surface area contributed by atoms with Gasteiger partial charge in [0.15, 0.2) is 0 Å². The number of benzene rings is 2. The van der Waals surface area contributed by atoms with Gasteiger partial charge < -0.3 is 14.8 Å². The summed E-state index contributed by atoms with van der Waals surface area (Å²) in [6.07, 6.45) is 4.04. The molecule has 2 aliphatic rings. The van der Waals surface area contributed by atoms with E-state index < -0.39 is 0 Å². The Labute approximate surface area is 185 Å². The lowest BCUT2D eigenvalue weighted by atomic mass is 9.91. The highest BCUT2D eigenvalue weighted by molar-refractivity contribution is 5.67. The van der Waals surface area contributed by atoms with Crippen LogP contribution in [0.25, 0.3) is 0 Å². The Morgan fingerprint density at radius 2 is 1.74 bits per heavy atom. The molecule has 0 aliphatic carbocycles. The molecular weight excluding hydrogens is 388 g/mol. The summed E-state index contributed by atoms with van der Waals surface area (Å²) in [4.78, 5) is 15.0. The summed E-state index contributed by atoms with van der Waals surface area (Å²) in [5.41, 5.74) is 4.92. The van der Waals surface area contributed by atoms with Gasteiger partial charge in [0.05, 0.1) is 7.11 Å². The Bertz CT molecular complexity index is 900. The number of carbonyl (C=O) groups is 1. The molecular formula is C26H34N2O3. The lowest BCUT2D eigenvalue weighted by molar-refractivity contribution is 0.0715. The van der Waals surface area contributed by atoms with Gasteiger partial charge in [-0.1, -0.05) is 36.4 Å². The average Bonchev–Trinajstić information content (AvgIpc) is 3.05. The van der Waals surface area contributed by atoms with Crippen molar-refractivity contribution in [3.63, 3.8) is 0 Å². The average molecular weight is 423 g/mol. The summed E-state index contributed by atoms with van der Waals surface area (Å²) < 4.78 is 10.9. The Morgan fingerprint density at radius 3 is 2.39 bits per heavy atom. The number of nitrogens with one attached hydrogen (secondary N) is 1. The standard InChI is InChI=1S/C26H34N2O3/c1-17-18(2)25(30-4)13-12-24(17)19(3)28-22-10-11-23(28)15-21(14-22)27-26(29)31-16-20-8-6-5-7-9-20/h5-9,12-13,19,21-23H,10-11,14-16H2,1-4H3,(H,27,29). The van der Waals surface area contributed by atoms with E-state index in [1.165, 1.54) is 29.5 Å². The molecule has 4 rings (SSSR count). The third-order valence-electron chi connectivity index (χ3n) is 7.22. The molecule has 2 saturated heterocycles. The van der Waals surface area contributed by atoms with Crippen LogP contribution in [0.2, 0.25) is 0 Å². The largest absolute Gasteiger partial charge is 0.496 e. The number of methoxy groups -OCH3 is 1. The highest BCUT2D eigenvalue weighted by atomic mass is 16.5. The molecule has 2 aromatic carbocycles. The molecule has 3 atom stereocenters. The molecule has 0 spiro atoms. The van der Waals surface area contributed by atoms with Gasteiger partial charge in [0, 0.05) is 24.2 Å². The second kappa shape index (κ2) is 9.31. The van der Waals surface area contributed by atoms with Crippen LogP contribution in [0.5, 0.6) is 5.75 Å². The van der Waals surface area contributed by atoms with Crippen molar-refractivity contribution in [2.45, 2.75) is 77.2 Å². The van der Waals surface area contributed by atoms with Gasteiger partial charge in [-0.15, -0.1) is 0 Å². The number of carbonyl (C=O) groups excluding carboxylic acids is 1. The Balaban J connectivity index is 1.37. The summed E-state index contributed by atoms with van der Waals surface area (Å²) in [5.74, 6) is 0.952. The number of rotatable bonds is 6. The van der Waals surface area contributed by atoms with E-state index in [0.717, 1.165) is 24.2 Å². The fourth-order valence-corrected chi connectivity index (χ4v) is 5.55. The lowest BCUT2D eigenvalue weighted by Gasteiger charge is -2.43. The third kappa shape index (κ3) is 4.57. The zero-order chi connectivity index (χ0) is 22.0. The SMILES string of the molecule is COc1ccc(C(C)N2C3CCC2CC(NC(=O)OCc2ccccc2)C3)c(C)c1C. The Kier molecular flexibility index (Phi) is 6.51. The number of alkyl carbamates (subject to hydrolysis) is 1. The van der Waals surface area contributed by atoms with Crippen LogP contribution in [0.1, 0.15) is 60.9 Å². The van der Waals surface area contributed by atoms with Gasteiger partial charge in [0.2, 0.25) is 0 Å². The van der Waals surface area contributed by atoms with Crippen LogP contribution in [0, 0.1) is 13.8 Å². The lowest BCUT2D eigenvalue weighted by Crippen LogP contribution is -2.51. The van der Waals surface area contributed by atoms with Crippen LogP contribution in [0.3, 0.4) is 0 Å². The molecule has 0 radical (unpaired) electrons. The van der Waals surface area contributed by atoms with Crippen LogP contribution in [-0.4, -0.2) is 36.2 Å². The summed E-state index contributed by atoms with van der Waals surface area (Å²) in [5, 5.41) is 3.12. The predicted molar refractivity (Wildman–Crippen MR) is 122 cm³/mol. The number of ether oxygens (including phenoxy) is 2. The van der Waals surface area contributed by atoms with Crippen molar-refractivity contribution in [2.24, 2.45) is 0 Å². The van der Waals surface area contributed by atoms with Crippen molar-refractivity contribution in [1.29, 1.82) is 0 Å². The molecule has 166 valence electrons. The highest BCUT2D eigenvalue weighted by Gasteiger charge is 2.43. The molecule has 0 aromatic heterocycles. The van der Waals surface area contributed by atoms with Crippen LogP contribution >= 0.6 is 0 Å². The molecule has 2 fully saturated rings. The van der Waals surface area contributed by atoms with Gasteiger partial charge >= 0.3 is 6.09 Å². The van der Waals surface area contributed by atoms with Crippen molar-refractivity contribution >= 4 is 6.09 Å². The molecule has 5 heteroatoms. The first-order valence-corrected chi connectivity index (χ1v) is 11.4. The van der Waals surface area contributed by atoms with E-state index in [1.807, 2.05) is 30.3 Å². The predicted octanol–water partition coefficient (Wildman–Crippen LogP) is 5.29. The number of fused-ring (bicyclic) bond motifs is 2. The highest BCUT2D eigenvalue weighted by Crippen LogP contribution is 2.43. The third-order valence-corrected chi connectivity index (χ3v) is 7.22. The van der Waals surface area contributed by atoms with Crippen molar-refractivity contribution < 1.29 is 14.3 Å². The molecule has 5 nitrogen and oxygen atoms in total. The first kappa shape index (κ1) is 21.7. The number of nitrogens with zero attached hydrogens (tertiary/aromatic N) is 1. The molecule has 31 heavy (non-hydrogen) atoms. The topological polar surface area (TPSA) is 50.8 Å². The molecule has 1 amide bonds. The molecule has 2 aliphatic heterocycles. The molecule has 2 aromatic rings. The van der Waals surface area contributed by atoms with E-state index in [9.17, 15) is 4.79 Å². The maximum absolute atomic E-state index is 12.3. The summed E-state index contributed by atoms with van der Waals surface area (Å²) in [7, 11) is 1.73. The first-order valence-electron chi connectivity index (χ1n) is 11.4. The number of hydrogen-bond acceptors (Lipinski definition) is 4. The van der Waals surface area contributed by atoms with E-state index in [4.69, 9.17) is 9.47 Å². The molecule has 2 bridgehead atoms. The maximum atomic E-state index is 12.3. The summed E-state index contributed by atoms with van der Waals surface area (Å²) >= 11 is 0. The Morgan fingerprint density at radius 1 is 1.06 bits per heavy atom. The zero-order valence-electron chi connectivity index (χ0n) is 19.1. The Hall–Kier alpha value is -2.53. The minimum Gasteiger partial charge on any atom is -0.496 e. The smallest absolute Gasteiger partial charge is 0.407 e. The molecule has 1 N–H and O–H groups in total. The molecule has 2 heterocycles. The van der Waals surface area contributed by atoms with Crippen LogP contribution in [0.15, 0.2) is 42.5 Å². The zero-order valence-corrected chi connectivity index (χ0v) is 19.1. The van der Waals surface area contributed by atoms with Gasteiger partial charge in [0.1, 0.15) is 12.4 Å². The van der Waals surface area contributed by atoms with Crippen LogP contribution in [-0.2, 0) is 11.3 Å². The second-order valence-corrected chi connectivity index (χ2v) is 8.99. The number of hydrogen-bond donors (Lipinski definition) is 1. The minimum atomic E-state index is -0.309. The van der Waals surface area contributed by atoms with Crippen LogP contribution < -0.4 is 10.1 Å². The first-order chi connectivity index (χ1) is 15.0. The number of piperidine rings is 1. The van der Waals surface area contributed by atoms with E-state index in [0.29, 0.717) is 24.7 Å². The van der Waals surface area contributed by atoms with Gasteiger partial charge in [-0.25, -0.2) is 4.79 Å². The quantitative estimate of drug-likeness (QED) is 0.687. The number of amides is 1. The summed E-state index contributed by atoms with van der Waals surface area (Å²) in [6, 6.07) is 15.6. The maximum Gasteiger partial charge on any atom is 0.407 e. The van der Waals surface area contributed by atoms with Crippen molar-refractivity contribution in [2.75, 3.05) is 7.11 Å². The van der Waals surface area contributed by atoms with E-state index in [1.54, 1.807) is 7.11 Å². The monoisotopic (exact) mass is 422 g/mol. The van der Waals surface area contributed by atoms with Crippen molar-refractivity contribution in [3.05, 3.63) is 64.7 Å². The molecule has 0 saturated carbocycles.